The number of methoxy groups -OCH3 is 1. The third kappa shape index (κ3) is 6.12. The Morgan fingerprint density at radius 3 is 2.59 bits per heavy atom. The highest BCUT2D eigenvalue weighted by Gasteiger charge is 2.18. The summed E-state index contributed by atoms with van der Waals surface area (Å²) in [7, 11) is 1.65. The number of hydrogen-bond donors (Lipinski definition) is 0. The molecule has 1 aromatic heterocycles. The molecule has 0 saturated carbocycles. The minimum atomic E-state index is -0.482. The molecule has 39 heavy (non-hydrogen) atoms. The number of fused-ring (bicyclic) bond motifs is 1. The van der Waals surface area contributed by atoms with E-state index in [1.54, 1.807) is 44.4 Å². The van der Waals surface area contributed by atoms with Gasteiger partial charge < -0.3 is 14.2 Å². The van der Waals surface area contributed by atoms with Crippen molar-refractivity contribution in [2.24, 2.45) is 5.10 Å². The highest BCUT2D eigenvalue weighted by atomic mass is 35.5. The number of nitrogens with zero attached hydrogens (tertiary/aromatic N) is 3. The second kappa shape index (κ2) is 12.1. The zero-order valence-corrected chi connectivity index (χ0v) is 23.3. The first-order valence-corrected chi connectivity index (χ1v) is 12.9. The van der Waals surface area contributed by atoms with E-state index in [1.165, 1.54) is 10.9 Å². The van der Waals surface area contributed by atoms with Crippen molar-refractivity contribution in [3.63, 3.8) is 0 Å². The highest BCUT2D eigenvalue weighted by molar-refractivity contribution is 6.32. The van der Waals surface area contributed by atoms with Gasteiger partial charge in [0.05, 0.1) is 35.9 Å². The summed E-state index contributed by atoms with van der Waals surface area (Å²) in [6.45, 7) is 7.86. The molecule has 3 aromatic carbocycles. The van der Waals surface area contributed by atoms with Crippen molar-refractivity contribution in [1.29, 1.82) is 0 Å². The molecule has 9 heteroatoms. The van der Waals surface area contributed by atoms with Crippen LogP contribution in [0.4, 0.5) is 0 Å². The Kier molecular flexibility index (Phi) is 8.66. The fourth-order valence-electron chi connectivity index (χ4n) is 4.15. The Morgan fingerprint density at radius 2 is 1.90 bits per heavy atom. The van der Waals surface area contributed by atoms with Crippen LogP contribution in [0.1, 0.15) is 43.4 Å². The van der Waals surface area contributed by atoms with Crippen LogP contribution in [-0.4, -0.2) is 42.2 Å². The summed E-state index contributed by atoms with van der Waals surface area (Å²) < 4.78 is 17.2. The molecule has 0 saturated heterocycles. The van der Waals surface area contributed by atoms with Crippen LogP contribution in [0.25, 0.3) is 22.3 Å². The number of carbonyl (C=O) groups is 1. The van der Waals surface area contributed by atoms with Crippen LogP contribution >= 0.6 is 11.6 Å². The van der Waals surface area contributed by atoms with E-state index in [0.29, 0.717) is 33.1 Å². The highest BCUT2D eigenvalue weighted by Crippen LogP contribution is 2.34. The average molecular weight is 548 g/mol. The molecular weight excluding hydrogens is 518 g/mol. The van der Waals surface area contributed by atoms with Gasteiger partial charge in [-0.2, -0.15) is 9.78 Å². The lowest BCUT2D eigenvalue weighted by molar-refractivity contribution is -0.145. The van der Waals surface area contributed by atoms with Gasteiger partial charge in [0.25, 0.3) is 5.56 Å². The molecule has 0 amide bonds. The van der Waals surface area contributed by atoms with Crippen LogP contribution in [0.15, 0.2) is 64.5 Å². The molecule has 0 spiro atoms. The smallest absolute Gasteiger partial charge is 0.344 e. The molecule has 0 unspecified atom stereocenters. The average Bonchev–Trinajstić information content (AvgIpc) is 2.91. The predicted octanol–water partition coefficient (Wildman–Crippen LogP) is 5.98. The normalized spacial score (nSPS) is 11.4. The largest absolute Gasteiger partial charge is 0.496 e. The lowest BCUT2D eigenvalue weighted by Crippen LogP contribution is -2.20. The van der Waals surface area contributed by atoms with Gasteiger partial charge in [-0.05, 0) is 78.9 Å². The zero-order valence-electron chi connectivity index (χ0n) is 22.5. The maximum atomic E-state index is 13.6. The van der Waals surface area contributed by atoms with Gasteiger partial charge in [0, 0.05) is 5.56 Å². The number of hydrogen-bond acceptors (Lipinski definition) is 7. The number of para-hydroxylation sites is 1. The van der Waals surface area contributed by atoms with E-state index >= 15 is 0 Å². The molecule has 0 aliphatic rings. The molecule has 202 valence electrons. The Morgan fingerprint density at radius 1 is 1.13 bits per heavy atom. The second-order valence-corrected chi connectivity index (χ2v) is 9.57. The number of aryl methyl sites for hydroxylation is 1. The number of carbonyl (C=O) groups excluding carboxylic acids is 1. The molecule has 0 radical (unpaired) electrons. The molecule has 8 nitrogen and oxygen atoms in total. The van der Waals surface area contributed by atoms with Gasteiger partial charge in [-0.15, -0.1) is 0 Å². The van der Waals surface area contributed by atoms with Crippen LogP contribution in [0.5, 0.6) is 11.5 Å². The lowest BCUT2D eigenvalue weighted by atomic mass is 9.96. The summed E-state index contributed by atoms with van der Waals surface area (Å²) in [6.07, 6.45) is 1.53. The fraction of sp³-hybridized carbons (Fsp3) is 0.267. The first-order chi connectivity index (χ1) is 18.7. The van der Waals surface area contributed by atoms with E-state index in [-0.39, 0.29) is 24.7 Å². The van der Waals surface area contributed by atoms with Crippen molar-refractivity contribution in [2.75, 3.05) is 20.3 Å². The van der Waals surface area contributed by atoms with Crippen LogP contribution in [0, 0.1) is 6.92 Å². The molecule has 0 aliphatic carbocycles. The van der Waals surface area contributed by atoms with Crippen LogP contribution in [-0.2, 0) is 9.53 Å². The van der Waals surface area contributed by atoms with Crippen molar-refractivity contribution in [2.45, 2.75) is 33.6 Å². The van der Waals surface area contributed by atoms with Crippen LogP contribution < -0.4 is 15.0 Å². The number of rotatable bonds is 9. The number of benzene rings is 3. The standard InChI is InChI=1S/C30H30ClN3O5/c1-6-38-28(35)17-39-26-12-11-20(14-24(26)31)16-32-34-29(33-25-10-8-7-9-21(25)30(34)36)23-15-22(18(2)3)27(37-5)13-19(23)4/h7-16,18H,6,17H2,1-5H3. The van der Waals surface area contributed by atoms with Crippen molar-refractivity contribution >= 4 is 34.7 Å². The number of halogens is 1. The summed E-state index contributed by atoms with van der Waals surface area (Å²) in [6, 6.07) is 16.1. The van der Waals surface area contributed by atoms with Gasteiger partial charge in [-0.1, -0.05) is 37.6 Å². The SMILES string of the molecule is CCOC(=O)COc1ccc(C=Nn2c(-c3cc(C(C)C)c(OC)cc3C)nc3ccccc3c2=O)cc1Cl. The second-order valence-electron chi connectivity index (χ2n) is 9.16. The fourth-order valence-corrected chi connectivity index (χ4v) is 4.39. The summed E-state index contributed by atoms with van der Waals surface area (Å²) in [4.78, 5) is 30.0. The summed E-state index contributed by atoms with van der Waals surface area (Å²) in [5, 5.41) is 5.29. The topological polar surface area (TPSA) is 92.0 Å². The first kappa shape index (κ1) is 27.9. The molecule has 4 rings (SSSR count). The van der Waals surface area contributed by atoms with Crippen LogP contribution in [0.3, 0.4) is 0 Å². The first-order valence-electron chi connectivity index (χ1n) is 12.6. The summed E-state index contributed by atoms with van der Waals surface area (Å²) in [5.41, 5.74) is 3.59. The molecule has 0 N–H and O–H groups in total. The molecule has 4 aromatic rings. The third-order valence-corrected chi connectivity index (χ3v) is 6.42. The number of aromatic nitrogens is 2. The monoisotopic (exact) mass is 547 g/mol. The Bertz CT molecular complexity index is 1610. The summed E-state index contributed by atoms with van der Waals surface area (Å²) in [5.74, 6) is 1.24. The molecule has 0 atom stereocenters. The minimum absolute atomic E-state index is 0.190. The molecule has 0 aliphatic heterocycles. The van der Waals surface area contributed by atoms with E-state index in [0.717, 1.165) is 22.4 Å². The molecule has 0 bridgehead atoms. The maximum Gasteiger partial charge on any atom is 0.344 e. The van der Waals surface area contributed by atoms with Crippen molar-refractivity contribution < 1.29 is 19.0 Å². The van der Waals surface area contributed by atoms with Crippen molar-refractivity contribution in [1.82, 2.24) is 9.66 Å². The molecular formula is C30H30ClN3O5. The molecule has 0 fully saturated rings. The van der Waals surface area contributed by atoms with Gasteiger partial charge in [0.15, 0.2) is 12.4 Å². The van der Waals surface area contributed by atoms with Crippen LogP contribution in [0.2, 0.25) is 5.02 Å². The Balaban J connectivity index is 1.79. The Labute approximate surface area is 231 Å². The number of esters is 1. The Hall–Kier alpha value is -4.17. The predicted molar refractivity (Wildman–Crippen MR) is 153 cm³/mol. The quantitative estimate of drug-likeness (QED) is 0.189. The van der Waals surface area contributed by atoms with E-state index in [1.807, 2.05) is 31.2 Å². The van der Waals surface area contributed by atoms with Gasteiger partial charge in [0.2, 0.25) is 0 Å². The maximum absolute atomic E-state index is 13.6. The minimum Gasteiger partial charge on any atom is -0.496 e. The van der Waals surface area contributed by atoms with Gasteiger partial charge in [-0.25, -0.2) is 9.78 Å². The van der Waals surface area contributed by atoms with Crippen molar-refractivity contribution in [3.8, 4) is 22.9 Å². The number of ether oxygens (including phenoxy) is 3. The van der Waals surface area contributed by atoms with E-state index in [2.05, 4.69) is 18.9 Å². The van der Waals surface area contributed by atoms with E-state index < -0.39 is 5.97 Å². The van der Waals surface area contributed by atoms with Gasteiger partial charge in [-0.3, -0.25) is 4.79 Å². The lowest BCUT2D eigenvalue weighted by Gasteiger charge is -2.17. The molecule has 1 heterocycles. The van der Waals surface area contributed by atoms with Gasteiger partial charge in [0.1, 0.15) is 11.5 Å². The van der Waals surface area contributed by atoms with Gasteiger partial charge >= 0.3 is 5.97 Å². The zero-order chi connectivity index (χ0) is 28.1. The van der Waals surface area contributed by atoms with Crippen molar-refractivity contribution in [3.05, 3.63) is 86.7 Å². The van der Waals surface area contributed by atoms with E-state index in [4.69, 9.17) is 30.8 Å². The third-order valence-electron chi connectivity index (χ3n) is 6.12. The van der Waals surface area contributed by atoms with E-state index in [9.17, 15) is 9.59 Å². The summed E-state index contributed by atoms with van der Waals surface area (Å²) >= 11 is 6.37.